The molecule has 5 rings (SSSR count). The van der Waals surface area contributed by atoms with E-state index in [-0.39, 0.29) is 29.7 Å². The first-order valence-corrected chi connectivity index (χ1v) is 11.7. The number of nitro benzene ring substituents is 1. The second-order valence-corrected chi connectivity index (χ2v) is 8.67. The van der Waals surface area contributed by atoms with Gasteiger partial charge in [0.25, 0.3) is 5.91 Å². The molecule has 38 heavy (non-hydrogen) atoms. The van der Waals surface area contributed by atoms with Gasteiger partial charge in [-0.3, -0.25) is 24.7 Å². The van der Waals surface area contributed by atoms with Crippen molar-refractivity contribution in [2.75, 3.05) is 17.7 Å². The fourth-order valence-corrected chi connectivity index (χ4v) is 4.23. The molecule has 1 aliphatic rings. The van der Waals surface area contributed by atoms with E-state index < -0.39 is 4.92 Å². The summed E-state index contributed by atoms with van der Waals surface area (Å²) in [7, 11) is 1.38. The summed E-state index contributed by atoms with van der Waals surface area (Å²) in [5, 5.41) is 20.4. The van der Waals surface area contributed by atoms with Crippen molar-refractivity contribution in [2.45, 2.75) is 13.0 Å². The average molecular weight is 510 g/mol. The number of rotatable bonds is 7. The molecule has 3 N–H and O–H groups in total. The third kappa shape index (κ3) is 5.14. The molecule has 0 atom stereocenters. The van der Waals surface area contributed by atoms with Gasteiger partial charge in [-0.15, -0.1) is 0 Å². The fourth-order valence-electron chi connectivity index (χ4n) is 4.23. The van der Waals surface area contributed by atoms with Crippen molar-refractivity contribution < 1.29 is 19.2 Å². The van der Waals surface area contributed by atoms with Crippen molar-refractivity contribution in [3.8, 4) is 16.9 Å². The topological polar surface area (TPSA) is 135 Å². The van der Waals surface area contributed by atoms with Crippen molar-refractivity contribution >= 4 is 34.6 Å². The van der Waals surface area contributed by atoms with E-state index in [4.69, 9.17) is 4.74 Å². The highest BCUT2D eigenvalue weighted by molar-refractivity contribution is 6.12. The minimum absolute atomic E-state index is 0.130. The molecular formula is C28H23N5O5. The highest BCUT2D eigenvalue weighted by atomic mass is 16.6. The van der Waals surface area contributed by atoms with Gasteiger partial charge in [-0.1, -0.05) is 12.1 Å². The summed E-state index contributed by atoms with van der Waals surface area (Å²) in [6, 6.07) is 19.0. The third-order valence-corrected chi connectivity index (χ3v) is 6.18. The predicted octanol–water partition coefficient (Wildman–Crippen LogP) is 4.83. The molecule has 0 aliphatic carbocycles. The Bertz CT molecular complexity index is 1560. The predicted molar refractivity (Wildman–Crippen MR) is 143 cm³/mol. The molecule has 2 heterocycles. The van der Waals surface area contributed by atoms with E-state index in [2.05, 4.69) is 20.9 Å². The van der Waals surface area contributed by atoms with Gasteiger partial charge < -0.3 is 20.7 Å². The lowest BCUT2D eigenvalue weighted by Gasteiger charge is -2.12. The number of anilines is 3. The van der Waals surface area contributed by atoms with Gasteiger partial charge in [-0.25, -0.2) is 0 Å². The van der Waals surface area contributed by atoms with Gasteiger partial charge in [0.1, 0.15) is 0 Å². The zero-order valence-corrected chi connectivity index (χ0v) is 20.4. The van der Waals surface area contributed by atoms with Crippen LogP contribution in [0.5, 0.6) is 5.75 Å². The van der Waals surface area contributed by atoms with Crippen molar-refractivity contribution in [3.63, 3.8) is 0 Å². The molecule has 0 saturated heterocycles. The Morgan fingerprint density at radius 3 is 2.45 bits per heavy atom. The third-order valence-electron chi connectivity index (χ3n) is 6.18. The van der Waals surface area contributed by atoms with Gasteiger partial charge in [-0.2, -0.15) is 0 Å². The number of aromatic nitrogens is 1. The molecule has 1 aromatic heterocycles. The van der Waals surface area contributed by atoms with Crippen LogP contribution in [0.4, 0.5) is 22.7 Å². The number of benzene rings is 3. The van der Waals surface area contributed by atoms with Gasteiger partial charge in [0, 0.05) is 25.0 Å². The Balaban J connectivity index is 1.38. The minimum atomic E-state index is -0.501. The van der Waals surface area contributed by atoms with Crippen LogP contribution in [0.15, 0.2) is 79.1 Å². The van der Waals surface area contributed by atoms with Crippen molar-refractivity contribution in [2.24, 2.45) is 0 Å². The summed E-state index contributed by atoms with van der Waals surface area (Å²) in [6.07, 6.45) is 3.52. The van der Waals surface area contributed by atoms with Gasteiger partial charge in [0.15, 0.2) is 5.75 Å². The van der Waals surface area contributed by atoms with Crippen LogP contribution in [0, 0.1) is 10.1 Å². The smallest absolute Gasteiger partial charge is 0.310 e. The summed E-state index contributed by atoms with van der Waals surface area (Å²) in [6.45, 7) is 0.407. The maximum atomic E-state index is 12.9. The number of hydrogen-bond acceptors (Lipinski definition) is 7. The number of carbonyl (C=O) groups excluding carboxylic acids is 2. The highest BCUT2D eigenvalue weighted by Crippen LogP contribution is 2.37. The lowest BCUT2D eigenvalue weighted by atomic mass is 10.0. The fraction of sp³-hybridized carbons (Fsp3) is 0.107. The van der Waals surface area contributed by atoms with E-state index >= 15 is 0 Å². The van der Waals surface area contributed by atoms with Gasteiger partial charge >= 0.3 is 5.69 Å². The molecule has 190 valence electrons. The van der Waals surface area contributed by atoms with Gasteiger partial charge in [0.2, 0.25) is 5.91 Å². The maximum Gasteiger partial charge on any atom is 0.310 e. The number of nitrogens with zero attached hydrogens (tertiary/aromatic N) is 2. The molecule has 10 nitrogen and oxygen atoms in total. The number of ether oxygens (including phenoxy) is 1. The summed E-state index contributed by atoms with van der Waals surface area (Å²) >= 11 is 0. The molecule has 1 aliphatic heterocycles. The molecule has 10 heteroatoms. The lowest BCUT2D eigenvalue weighted by molar-refractivity contribution is -0.385. The Hall–Kier alpha value is -5.25. The Morgan fingerprint density at radius 1 is 0.921 bits per heavy atom. The van der Waals surface area contributed by atoms with Crippen LogP contribution >= 0.6 is 0 Å². The molecular weight excluding hydrogens is 486 g/mol. The molecule has 2 amide bonds. The molecule has 0 unspecified atom stereocenters. The normalized spacial score (nSPS) is 11.8. The molecule has 0 fully saturated rings. The zero-order chi connectivity index (χ0) is 26.6. The number of methoxy groups -OCH3 is 1. The second kappa shape index (κ2) is 10.4. The maximum absolute atomic E-state index is 12.9. The van der Waals surface area contributed by atoms with E-state index in [1.807, 2.05) is 18.2 Å². The van der Waals surface area contributed by atoms with Crippen LogP contribution in [0.1, 0.15) is 21.5 Å². The van der Waals surface area contributed by atoms with E-state index in [0.717, 1.165) is 16.7 Å². The second-order valence-electron chi connectivity index (χ2n) is 8.67. The van der Waals surface area contributed by atoms with Gasteiger partial charge in [-0.05, 0) is 70.8 Å². The Kier molecular flexibility index (Phi) is 6.68. The number of amides is 2. The number of pyridine rings is 1. The molecule has 4 aromatic rings. The summed E-state index contributed by atoms with van der Waals surface area (Å²) in [4.78, 5) is 40.1. The number of nitrogens with one attached hydrogen (secondary N) is 3. The van der Waals surface area contributed by atoms with Crippen LogP contribution in [0.25, 0.3) is 11.1 Å². The first kappa shape index (κ1) is 24.4. The van der Waals surface area contributed by atoms with Gasteiger partial charge in [0.05, 0.1) is 41.1 Å². The first-order chi connectivity index (χ1) is 18.4. The number of hydrogen-bond donors (Lipinski definition) is 3. The standard InChI is InChI=1S/C28H23N5O5/c1-38-26-15-20(4-7-25(26)33(36)37)19-3-5-21-23(14-19)31-24-12-18(2-6-22(24)32-28(21)35)13-27(34)30-16-17-8-10-29-11-9-17/h2-12,14-15,31H,13,16H2,1H3,(H,30,34)(H,32,35). The van der Waals surface area contributed by atoms with E-state index in [1.54, 1.807) is 54.9 Å². The van der Waals surface area contributed by atoms with Crippen molar-refractivity contribution in [3.05, 3.63) is 106 Å². The molecule has 3 aromatic carbocycles. The van der Waals surface area contributed by atoms with Crippen molar-refractivity contribution in [1.82, 2.24) is 10.3 Å². The van der Waals surface area contributed by atoms with E-state index in [9.17, 15) is 19.7 Å². The molecule has 0 spiro atoms. The van der Waals surface area contributed by atoms with Crippen molar-refractivity contribution in [1.29, 1.82) is 0 Å². The van der Waals surface area contributed by atoms with E-state index in [1.165, 1.54) is 13.2 Å². The first-order valence-electron chi connectivity index (χ1n) is 11.7. The highest BCUT2D eigenvalue weighted by Gasteiger charge is 2.21. The summed E-state index contributed by atoms with van der Waals surface area (Å²) < 4.78 is 5.20. The zero-order valence-electron chi connectivity index (χ0n) is 20.4. The molecule has 0 bridgehead atoms. The largest absolute Gasteiger partial charge is 0.490 e. The molecule has 0 saturated carbocycles. The quantitative estimate of drug-likeness (QED) is 0.240. The van der Waals surface area contributed by atoms with Crippen LogP contribution in [-0.2, 0) is 17.8 Å². The average Bonchev–Trinajstić information content (AvgIpc) is 3.06. The van der Waals surface area contributed by atoms with Crippen LogP contribution < -0.4 is 20.7 Å². The minimum Gasteiger partial charge on any atom is -0.490 e. The Morgan fingerprint density at radius 2 is 1.68 bits per heavy atom. The van der Waals surface area contributed by atoms with E-state index in [0.29, 0.717) is 34.7 Å². The SMILES string of the molecule is COc1cc(-c2ccc3c(c2)Nc2cc(CC(=O)NCc4ccncc4)ccc2NC3=O)ccc1[N+](=O)[O-]. The monoisotopic (exact) mass is 509 g/mol. The van der Waals surface area contributed by atoms with Crippen LogP contribution in [0.2, 0.25) is 0 Å². The summed E-state index contributed by atoms with van der Waals surface area (Å²) in [5.74, 6) is -0.263. The van der Waals surface area contributed by atoms with Crippen LogP contribution in [-0.4, -0.2) is 28.8 Å². The Labute approximate surface area is 217 Å². The number of fused-ring (bicyclic) bond motifs is 2. The summed E-state index contributed by atoms with van der Waals surface area (Å²) in [5.41, 5.74) is 5.28. The number of carbonyl (C=O) groups is 2. The molecule has 0 radical (unpaired) electrons. The lowest BCUT2D eigenvalue weighted by Crippen LogP contribution is -2.24. The van der Waals surface area contributed by atoms with Crippen LogP contribution in [0.3, 0.4) is 0 Å². The number of nitro groups is 1.